The van der Waals surface area contributed by atoms with Crippen molar-refractivity contribution in [3.63, 3.8) is 0 Å². The van der Waals surface area contributed by atoms with E-state index in [0.29, 0.717) is 43.7 Å². The second-order valence-corrected chi connectivity index (χ2v) is 27.4. The largest absolute Gasteiger partial charge is 0.464 e. The number of thiophene rings is 1. The van der Waals surface area contributed by atoms with Gasteiger partial charge in [-0.1, -0.05) is 117 Å². The monoisotopic (exact) mass is 1470 g/mol. The maximum atomic E-state index is 13.4. The molecule has 0 fully saturated rings. The van der Waals surface area contributed by atoms with Crippen LogP contribution < -0.4 is 26.6 Å². The predicted octanol–water partition coefficient (Wildman–Crippen LogP) is 11.2. The van der Waals surface area contributed by atoms with Gasteiger partial charge in [0, 0.05) is 17.2 Å². The van der Waals surface area contributed by atoms with Crippen LogP contribution in [-0.2, 0) is 104 Å². The third-order valence-electron chi connectivity index (χ3n) is 13.4. The van der Waals surface area contributed by atoms with Gasteiger partial charge in [0.25, 0.3) is 0 Å². The number of carbonyl (C=O) groups is 10. The zero-order valence-corrected chi connectivity index (χ0v) is 63.0. The number of nitrogens with zero attached hydrogens (tertiary/aromatic N) is 1. The summed E-state index contributed by atoms with van der Waals surface area (Å²) in [6.45, 7) is 30.8. The SMILES string of the molecule is CC(C)COC(=O)[C@H](C)NC(=O)Cc1cc(F)cc(F)c1.CC(C)COC(=O)[C@H](C)NC(=O)Cc1cc(F)ccc1F.CC(C)COC(=O)[C@H](C)NC(=O)Cc1ccsc1.CC(C)COC(=O)[C@H](C)NC(=O)Cc1coc(-c2ccccc2)n1.Cc1cccc(CC(=O)N[C@@H](C)C(=O)OCC(C)C)c1. The minimum atomic E-state index is -0.840. The fourth-order valence-electron chi connectivity index (χ4n) is 8.23. The maximum absolute atomic E-state index is 13.4. The third-order valence-corrected chi connectivity index (χ3v) is 14.1. The summed E-state index contributed by atoms with van der Waals surface area (Å²) in [5.41, 5.74) is 4.50. The van der Waals surface area contributed by atoms with Crippen molar-refractivity contribution in [3.8, 4) is 11.5 Å². The Bertz CT molecular complexity index is 3640. The molecule has 5 N–H and O–H groups in total. The number of ether oxygens (including phenoxy) is 5. The molecule has 2 heterocycles. The molecule has 0 aliphatic rings. The van der Waals surface area contributed by atoms with Crippen LogP contribution in [0.4, 0.5) is 17.6 Å². The van der Waals surface area contributed by atoms with E-state index in [9.17, 15) is 65.5 Å². The fraction of sp³-hybridized carbons (Fsp3) is 0.468. The van der Waals surface area contributed by atoms with E-state index < -0.39 is 89.2 Å². The number of oxazole rings is 1. The molecule has 0 spiro atoms. The number of nitrogens with one attached hydrogen (secondary N) is 5. The Balaban J connectivity index is 0.000000443. The molecule has 22 nitrogen and oxygen atoms in total. The number of aryl methyl sites for hydroxylation is 1. The van der Waals surface area contributed by atoms with Crippen LogP contribution in [0.3, 0.4) is 0 Å². The van der Waals surface area contributed by atoms with Crippen LogP contribution in [0.1, 0.15) is 137 Å². The highest BCUT2D eigenvalue weighted by Crippen LogP contribution is 2.19. The van der Waals surface area contributed by atoms with E-state index in [0.717, 1.165) is 58.7 Å². The number of halogens is 4. The van der Waals surface area contributed by atoms with E-state index in [-0.39, 0.29) is 97.4 Å². The van der Waals surface area contributed by atoms with Gasteiger partial charge >= 0.3 is 29.8 Å². The summed E-state index contributed by atoms with van der Waals surface area (Å²) in [4.78, 5) is 121. The molecule has 570 valence electrons. The Hall–Kier alpha value is -9.79. The van der Waals surface area contributed by atoms with Crippen LogP contribution in [0.2, 0.25) is 0 Å². The first-order valence-electron chi connectivity index (χ1n) is 34.1. The minimum absolute atomic E-state index is 0.0398. The van der Waals surface area contributed by atoms with Gasteiger partial charge in [0.05, 0.1) is 70.8 Å². The molecule has 0 saturated carbocycles. The molecule has 0 unspecified atom stereocenters. The van der Waals surface area contributed by atoms with Crippen molar-refractivity contribution >= 4 is 70.7 Å². The van der Waals surface area contributed by atoms with Crippen molar-refractivity contribution in [1.29, 1.82) is 0 Å². The minimum Gasteiger partial charge on any atom is -0.464 e. The lowest BCUT2D eigenvalue weighted by Gasteiger charge is -2.14. The molecule has 5 atom stereocenters. The van der Waals surface area contributed by atoms with Gasteiger partial charge in [0.15, 0.2) is 0 Å². The number of hydrogen-bond donors (Lipinski definition) is 5. The zero-order chi connectivity index (χ0) is 78.2. The second-order valence-electron chi connectivity index (χ2n) is 26.6. The third kappa shape index (κ3) is 40.2. The number of amides is 5. The first-order valence-corrected chi connectivity index (χ1v) is 35.1. The quantitative estimate of drug-likeness (QED) is 0.0153. The van der Waals surface area contributed by atoms with E-state index in [1.54, 1.807) is 32.1 Å². The molecule has 0 aliphatic heterocycles. The molecular weight excluding hydrogens is 1370 g/mol. The van der Waals surface area contributed by atoms with Gasteiger partial charge in [-0.2, -0.15) is 11.3 Å². The number of benzene rings is 4. The number of hydrogen-bond acceptors (Lipinski definition) is 18. The van der Waals surface area contributed by atoms with Crippen LogP contribution >= 0.6 is 11.3 Å². The van der Waals surface area contributed by atoms with Gasteiger partial charge in [0.1, 0.15) is 59.7 Å². The van der Waals surface area contributed by atoms with Crippen LogP contribution in [-0.4, -0.2) is 128 Å². The smallest absolute Gasteiger partial charge is 0.328 e. The van der Waals surface area contributed by atoms with Crippen molar-refractivity contribution in [2.75, 3.05) is 33.0 Å². The lowest BCUT2D eigenvalue weighted by atomic mass is 10.1. The summed E-state index contributed by atoms with van der Waals surface area (Å²) < 4.78 is 82.9. The summed E-state index contributed by atoms with van der Waals surface area (Å²) in [6, 6.07) is 21.3. The van der Waals surface area contributed by atoms with E-state index in [2.05, 4.69) is 31.6 Å². The molecular formula is C77H102F4N6O16S. The van der Waals surface area contributed by atoms with Gasteiger partial charge in [-0.05, 0) is 147 Å². The standard InChI is InChI=1S/C18H22N2O4.C16H23NO3.2C15H19F2NO3.C13H19NO3S/c1-12(2)10-24-18(22)13(3)19-16(21)9-15-11-23-17(20-15)14-7-5-4-6-8-14;1-11(2)10-20-16(19)13(4)17-15(18)9-14-7-5-6-12(3)8-14;1-9(2)8-21-15(20)10(3)18-14(19)6-11-4-12(16)7-13(17)5-11;1-9(2)8-21-15(20)10(3)18-14(19)7-11-6-12(16)4-5-13(11)17;1-9(2)7-17-13(16)10(3)14-12(15)6-11-4-5-18-8-11/h4-8,11-13H,9-10H2,1-3H3,(H,19,21);5-8,11,13H,9-10H2,1-4H3,(H,17,18);4-5,7,9-10H,6,8H2,1-3H3,(H,18,19);4-6,9-10H,7-8H2,1-3H3,(H,18,19);4-5,8-10H,6-7H2,1-3H3,(H,14,15)/t2*13-;3*10-/m00000/s1. The van der Waals surface area contributed by atoms with Crippen molar-refractivity contribution in [2.24, 2.45) is 29.6 Å². The van der Waals surface area contributed by atoms with Gasteiger partial charge in [-0.25, -0.2) is 46.5 Å². The first kappa shape index (κ1) is 90.3. The molecule has 104 heavy (non-hydrogen) atoms. The Labute approximate surface area is 611 Å². The molecule has 5 amide bonds. The average Bonchev–Trinajstić information content (AvgIpc) is 1.66. The summed E-state index contributed by atoms with van der Waals surface area (Å²) in [7, 11) is 0. The van der Waals surface area contributed by atoms with E-state index in [1.807, 2.05) is 148 Å². The number of esters is 5. The van der Waals surface area contributed by atoms with Crippen LogP contribution in [0, 0.1) is 59.8 Å². The van der Waals surface area contributed by atoms with Gasteiger partial charge < -0.3 is 54.7 Å². The predicted molar refractivity (Wildman–Crippen MR) is 386 cm³/mol. The van der Waals surface area contributed by atoms with Crippen LogP contribution in [0.15, 0.2) is 119 Å². The molecule has 4 aromatic carbocycles. The van der Waals surface area contributed by atoms with E-state index in [1.165, 1.54) is 20.1 Å². The fourth-order valence-corrected chi connectivity index (χ4v) is 8.90. The highest BCUT2D eigenvalue weighted by molar-refractivity contribution is 7.08. The number of aromatic nitrogens is 1. The summed E-state index contributed by atoms with van der Waals surface area (Å²) in [5.74, 6) is -5.14. The van der Waals surface area contributed by atoms with Crippen molar-refractivity contribution in [1.82, 2.24) is 31.6 Å². The van der Waals surface area contributed by atoms with E-state index in [4.69, 9.17) is 28.1 Å². The Kier molecular flexibility index (Phi) is 41.9. The van der Waals surface area contributed by atoms with Crippen molar-refractivity contribution in [2.45, 2.75) is 173 Å². The number of rotatable bonds is 31. The maximum Gasteiger partial charge on any atom is 0.328 e. The molecule has 6 rings (SSSR count). The summed E-state index contributed by atoms with van der Waals surface area (Å²) >= 11 is 1.55. The van der Waals surface area contributed by atoms with Crippen LogP contribution in [0.5, 0.6) is 0 Å². The number of carbonyl (C=O) groups excluding carboxylic acids is 10. The average molecular weight is 1480 g/mol. The Morgan fingerprint density at radius 3 is 1.17 bits per heavy atom. The molecule has 27 heteroatoms. The molecule has 0 aliphatic carbocycles. The first-order chi connectivity index (χ1) is 48.9. The normalized spacial score (nSPS) is 12.1. The molecule has 0 saturated heterocycles. The Morgan fingerprint density at radius 1 is 0.404 bits per heavy atom. The molecule has 0 bridgehead atoms. The molecule has 6 aromatic rings. The summed E-state index contributed by atoms with van der Waals surface area (Å²) in [6.07, 6.45) is 1.50. The highest BCUT2D eigenvalue weighted by Gasteiger charge is 2.24. The lowest BCUT2D eigenvalue weighted by molar-refractivity contribution is -0.148. The second kappa shape index (κ2) is 48.2. The van der Waals surface area contributed by atoms with E-state index >= 15 is 0 Å². The zero-order valence-electron chi connectivity index (χ0n) is 62.2. The van der Waals surface area contributed by atoms with Crippen molar-refractivity contribution < 1.29 is 93.6 Å². The van der Waals surface area contributed by atoms with Crippen molar-refractivity contribution in [3.05, 3.63) is 171 Å². The van der Waals surface area contributed by atoms with Gasteiger partial charge in [0.2, 0.25) is 35.4 Å². The molecule has 2 aromatic heterocycles. The van der Waals surface area contributed by atoms with Crippen LogP contribution in [0.25, 0.3) is 11.5 Å². The lowest BCUT2D eigenvalue weighted by Crippen LogP contribution is -2.40. The topological polar surface area (TPSA) is 303 Å². The molecule has 0 radical (unpaired) electrons. The summed E-state index contributed by atoms with van der Waals surface area (Å²) in [5, 5.41) is 16.6. The van der Waals surface area contributed by atoms with Gasteiger partial charge in [-0.15, -0.1) is 0 Å². The highest BCUT2D eigenvalue weighted by atomic mass is 32.1. The Morgan fingerprint density at radius 2 is 0.788 bits per heavy atom. The van der Waals surface area contributed by atoms with Gasteiger partial charge in [-0.3, -0.25) is 24.0 Å².